The minimum absolute atomic E-state index is 0.125. The Morgan fingerprint density at radius 2 is 2.00 bits per heavy atom. The first-order valence-electron chi connectivity index (χ1n) is 7.93. The molecule has 0 saturated carbocycles. The molecule has 24 heavy (non-hydrogen) atoms. The molecule has 3 rings (SSSR count). The lowest BCUT2D eigenvalue weighted by Crippen LogP contribution is -2.32. The molecule has 1 fully saturated rings. The lowest BCUT2D eigenvalue weighted by Gasteiger charge is -2.16. The first-order valence-corrected chi connectivity index (χ1v) is 7.93. The van der Waals surface area contributed by atoms with E-state index < -0.39 is 11.8 Å². The summed E-state index contributed by atoms with van der Waals surface area (Å²) in [5.74, 6) is 0.229. The molecule has 0 radical (unpaired) electrons. The zero-order chi connectivity index (χ0) is 17.6. The molecule has 7 heteroatoms. The summed E-state index contributed by atoms with van der Waals surface area (Å²) in [7, 11) is 1.85. The highest BCUT2D eigenvalue weighted by molar-refractivity contribution is 5.96. The van der Waals surface area contributed by atoms with E-state index in [0.717, 1.165) is 11.3 Å². The highest BCUT2D eigenvalue weighted by Crippen LogP contribution is 2.35. The number of primary amides is 1. The van der Waals surface area contributed by atoms with Crippen LogP contribution in [-0.4, -0.2) is 39.6 Å². The van der Waals surface area contributed by atoms with Crippen LogP contribution in [0.1, 0.15) is 39.1 Å². The maximum absolute atomic E-state index is 12.8. The summed E-state index contributed by atoms with van der Waals surface area (Å²) in [6, 6.07) is 1.74. The summed E-state index contributed by atoms with van der Waals surface area (Å²) in [6.07, 6.45) is 1.76. The third kappa shape index (κ3) is 2.60. The second-order valence-corrected chi connectivity index (χ2v) is 6.46. The van der Waals surface area contributed by atoms with Gasteiger partial charge in [-0.3, -0.25) is 14.3 Å². The quantitative estimate of drug-likeness (QED) is 0.917. The molecule has 0 aromatic carbocycles. The third-order valence-corrected chi connectivity index (χ3v) is 4.92. The second kappa shape index (κ2) is 5.81. The molecule has 7 nitrogen and oxygen atoms in total. The molecular weight excluding hydrogens is 308 g/mol. The molecule has 0 bridgehead atoms. The van der Waals surface area contributed by atoms with E-state index in [9.17, 15) is 9.59 Å². The normalized spacial score (nSPS) is 20.6. The van der Waals surface area contributed by atoms with Gasteiger partial charge in [0.2, 0.25) is 5.91 Å². The van der Waals surface area contributed by atoms with Crippen molar-refractivity contribution in [2.45, 2.75) is 26.7 Å². The Morgan fingerprint density at radius 1 is 1.29 bits per heavy atom. The van der Waals surface area contributed by atoms with Gasteiger partial charge in [0.15, 0.2) is 0 Å². The number of likely N-dealkylation sites (tertiary alicyclic amines) is 1. The maximum Gasteiger partial charge on any atom is 0.257 e. The summed E-state index contributed by atoms with van der Waals surface area (Å²) in [4.78, 5) is 26.4. The highest BCUT2D eigenvalue weighted by Gasteiger charge is 2.41. The van der Waals surface area contributed by atoms with Crippen molar-refractivity contribution in [2.75, 3.05) is 13.1 Å². The molecule has 2 atom stereocenters. The summed E-state index contributed by atoms with van der Waals surface area (Å²) in [5.41, 5.74) is 8.09. The fourth-order valence-electron chi connectivity index (χ4n) is 3.47. The molecule has 2 aromatic heterocycles. The summed E-state index contributed by atoms with van der Waals surface area (Å²) in [5, 5.41) is 4.25. The minimum atomic E-state index is -0.412. The van der Waals surface area contributed by atoms with Crippen molar-refractivity contribution < 1.29 is 14.0 Å². The van der Waals surface area contributed by atoms with Gasteiger partial charge in [-0.15, -0.1) is 0 Å². The fourth-order valence-corrected chi connectivity index (χ4v) is 3.47. The largest absolute Gasteiger partial charge is 0.466 e. The van der Waals surface area contributed by atoms with Gasteiger partial charge in [-0.05, 0) is 32.4 Å². The third-order valence-electron chi connectivity index (χ3n) is 4.92. The van der Waals surface area contributed by atoms with Gasteiger partial charge in [-0.25, -0.2) is 0 Å². The number of hydrogen-bond acceptors (Lipinski definition) is 4. The van der Waals surface area contributed by atoms with E-state index in [4.69, 9.17) is 10.2 Å². The van der Waals surface area contributed by atoms with Gasteiger partial charge >= 0.3 is 0 Å². The van der Waals surface area contributed by atoms with E-state index in [0.29, 0.717) is 30.2 Å². The molecule has 2 amide bonds. The van der Waals surface area contributed by atoms with Crippen LogP contribution < -0.4 is 5.73 Å². The number of rotatable bonds is 3. The van der Waals surface area contributed by atoms with Gasteiger partial charge < -0.3 is 15.1 Å². The van der Waals surface area contributed by atoms with Crippen LogP contribution in [0.25, 0.3) is 0 Å². The fraction of sp³-hybridized carbons (Fsp3) is 0.471. The average molecular weight is 330 g/mol. The van der Waals surface area contributed by atoms with Crippen LogP contribution in [0.3, 0.4) is 0 Å². The zero-order valence-corrected chi connectivity index (χ0v) is 14.4. The number of carbonyl (C=O) groups excluding carboxylic acids is 2. The molecule has 3 heterocycles. The van der Waals surface area contributed by atoms with Gasteiger partial charge in [0.25, 0.3) is 5.91 Å². The van der Waals surface area contributed by atoms with Gasteiger partial charge in [0.1, 0.15) is 11.5 Å². The molecule has 1 saturated heterocycles. The number of carbonyl (C=O) groups is 2. The molecule has 1 aliphatic heterocycles. The second-order valence-electron chi connectivity index (χ2n) is 6.46. The van der Waals surface area contributed by atoms with Crippen LogP contribution in [0.15, 0.2) is 16.7 Å². The molecule has 0 spiro atoms. The van der Waals surface area contributed by atoms with Crippen molar-refractivity contribution in [1.82, 2.24) is 14.7 Å². The van der Waals surface area contributed by atoms with Gasteiger partial charge in [0.05, 0.1) is 17.7 Å². The Morgan fingerprint density at radius 3 is 2.50 bits per heavy atom. The van der Waals surface area contributed by atoms with Crippen molar-refractivity contribution >= 4 is 11.8 Å². The van der Waals surface area contributed by atoms with Gasteiger partial charge in [-0.2, -0.15) is 5.10 Å². The van der Waals surface area contributed by atoms with Gasteiger partial charge in [-0.1, -0.05) is 0 Å². The van der Waals surface area contributed by atoms with E-state index in [1.54, 1.807) is 28.8 Å². The Labute approximate surface area is 140 Å². The van der Waals surface area contributed by atoms with Crippen molar-refractivity contribution in [2.24, 2.45) is 18.7 Å². The van der Waals surface area contributed by atoms with E-state index in [-0.39, 0.29) is 11.8 Å². The van der Waals surface area contributed by atoms with E-state index >= 15 is 0 Å². The number of aryl methyl sites for hydroxylation is 3. The predicted octanol–water partition coefficient (Wildman–Crippen LogP) is 1.28. The van der Waals surface area contributed by atoms with E-state index in [1.807, 2.05) is 20.9 Å². The van der Waals surface area contributed by atoms with Crippen molar-refractivity contribution in [1.29, 1.82) is 0 Å². The lowest BCUT2D eigenvalue weighted by molar-refractivity contribution is -0.121. The van der Waals surface area contributed by atoms with Crippen LogP contribution in [0.5, 0.6) is 0 Å². The molecule has 0 aliphatic carbocycles. The number of furan rings is 1. The maximum atomic E-state index is 12.8. The van der Waals surface area contributed by atoms with Crippen LogP contribution in [-0.2, 0) is 11.8 Å². The first kappa shape index (κ1) is 16.3. The van der Waals surface area contributed by atoms with Crippen LogP contribution in [0.2, 0.25) is 0 Å². The first-order chi connectivity index (χ1) is 11.3. The molecular formula is C17H22N4O3. The molecule has 1 aliphatic rings. The van der Waals surface area contributed by atoms with E-state index in [1.165, 1.54) is 0 Å². The minimum Gasteiger partial charge on any atom is -0.466 e. The van der Waals surface area contributed by atoms with Crippen LogP contribution >= 0.6 is 0 Å². The van der Waals surface area contributed by atoms with Crippen molar-refractivity contribution in [3.63, 3.8) is 0 Å². The molecule has 2 N–H and O–H groups in total. The SMILES string of the molecule is Cc1cc(C(=O)N2C[C@H](C(N)=O)[C@@H](c3cnn(C)c3C)C2)c(C)o1. The Hall–Kier alpha value is -2.57. The number of hydrogen-bond donors (Lipinski definition) is 1. The Kier molecular flexibility index (Phi) is 3.95. The van der Waals surface area contributed by atoms with Crippen LogP contribution in [0.4, 0.5) is 0 Å². The zero-order valence-electron chi connectivity index (χ0n) is 14.4. The topological polar surface area (TPSA) is 94.4 Å². The van der Waals surface area contributed by atoms with Crippen molar-refractivity contribution in [3.8, 4) is 0 Å². The lowest BCUT2D eigenvalue weighted by atomic mass is 9.89. The smallest absolute Gasteiger partial charge is 0.257 e. The Bertz CT molecular complexity index is 805. The van der Waals surface area contributed by atoms with Gasteiger partial charge in [0, 0.05) is 31.7 Å². The highest BCUT2D eigenvalue weighted by atomic mass is 16.3. The number of amides is 2. The summed E-state index contributed by atoms with van der Waals surface area (Å²) in [6.45, 7) is 6.29. The van der Waals surface area contributed by atoms with E-state index in [2.05, 4.69) is 5.10 Å². The average Bonchev–Trinajstić information content (AvgIpc) is 3.18. The van der Waals surface area contributed by atoms with Crippen molar-refractivity contribution in [3.05, 3.63) is 40.6 Å². The predicted molar refractivity (Wildman–Crippen MR) is 87.5 cm³/mol. The standard InChI is InChI=1S/C17H22N4O3/c1-9-5-12(11(3)24-9)17(23)21-7-14(15(8-21)16(18)22)13-6-19-20(4)10(13)2/h5-6,14-15H,7-8H2,1-4H3,(H2,18,22)/t14-,15+/m1/s1. The molecule has 128 valence electrons. The molecule has 0 unspecified atom stereocenters. The van der Waals surface area contributed by atoms with Crippen LogP contribution in [0, 0.1) is 26.7 Å². The number of nitrogens with two attached hydrogens (primary N) is 1. The Balaban J connectivity index is 1.90. The monoisotopic (exact) mass is 330 g/mol. The summed E-state index contributed by atoms with van der Waals surface area (Å²) >= 11 is 0. The number of nitrogens with zero attached hydrogens (tertiary/aromatic N) is 3. The number of aromatic nitrogens is 2. The molecule has 2 aromatic rings. The summed E-state index contributed by atoms with van der Waals surface area (Å²) < 4.78 is 7.22.